The van der Waals surface area contributed by atoms with E-state index in [2.05, 4.69) is 5.32 Å². The fourth-order valence-corrected chi connectivity index (χ4v) is 5.18. The van der Waals surface area contributed by atoms with Crippen LogP contribution in [0.5, 0.6) is 0 Å². The van der Waals surface area contributed by atoms with Gasteiger partial charge in [-0.3, -0.25) is 13.9 Å². The smallest absolute Gasteiger partial charge is 0.264 e. The molecule has 0 bridgehead atoms. The minimum Gasteiger partial charge on any atom is -0.354 e. The standard InChI is InChI=1S/C28H32FN3O4S/c1-3-4-19-30-28(34)22(2)31(20-23-15-17-24(29)18-16-23)27(33)21-32(25-11-7-5-8-12-25)37(35,36)26-13-9-6-10-14-26/h5-18,22H,3-4,19-21H2,1-2H3,(H,30,34). The summed E-state index contributed by atoms with van der Waals surface area (Å²) < 4.78 is 41.7. The van der Waals surface area contributed by atoms with Gasteiger partial charge in [0, 0.05) is 13.1 Å². The van der Waals surface area contributed by atoms with Crippen LogP contribution in [-0.2, 0) is 26.2 Å². The molecule has 0 radical (unpaired) electrons. The van der Waals surface area contributed by atoms with Gasteiger partial charge in [-0.15, -0.1) is 0 Å². The Morgan fingerprint density at radius 1 is 0.919 bits per heavy atom. The van der Waals surface area contributed by atoms with Gasteiger partial charge in [-0.2, -0.15) is 0 Å². The van der Waals surface area contributed by atoms with Gasteiger partial charge in [0.05, 0.1) is 10.6 Å². The topological polar surface area (TPSA) is 86.8 Å². The zero-order chi connectivity index (χ0) is 26.8. The summed E-state index contributed by atoms with van der Waals surface area (Å²) >= 11 is 0. The van der Waals surface area contributed by atoms with Crippen LogP contribution in [0.2, 0.25) is 0 Å². The monoisotopic (exact) mass is 525 g/mol. The molecule has 196 valence electrons. The van der Waals surface area contributed by atoms with E-state index in [1.807, 2.05) is 6.92 Å². The van der Waals surface area contributed by atoms with Gasteiger partial charge in [-0.05, 0) is 55.3 Å². The molecule has 37 heavy (non-hydrogen) atoms. The van der Waals surface area contributed by atoms with Crippen LogP contribution in [-0.4, -0.2) is 44.3 Å². The normalized spacial score (nSPS) is 12.0. The molecule has 0 fully saturated rings. The lowest BCUT2D eigenvalue weighted by atomic mass is 10.1. The molecule has 1 unspecified atom stereocenters. The lowest BCUT2D eigenvalue weighted by Crippen LogP contribution is -2.51. The summed E-state index contributed by atoms with van der Waals surface area (Å²) in [6, 6.07) is 21.0. The number of halogens is 1. The predicted octanol–water partition coefficient (Wildman–Crippen LogP) is 4.35. The van der Waals surface area contributed by atoms with Gasteiger partial charge in [0.1, 0.15) is 18.4 Å². The molecule has 0 aliphatic heterocycles. The summed E-state index contributed by atoms with van der Waals surface area (Å²) in [5.41, 5.74) is 0.932. The highest BCUT2D eigenvalue weighted by Crippen LogP contribution is 2.24. The molecule has 1 N–H and O–H groups in total. The highest BCUT2D eigenvalue weighted by molar-refractivity contribution is 7.92. The molecule has 0 saturated carbocycles. The molecule has 0 aromatic heterocycles. The van der Waals surface area contributed by atoms with Crippen molar-refractivity contribution in [1.82, 2.24) is 10.2 Å². The Labute approximate surface area is 218 Å². The number of carbonyl (C=O) groups excluding carboxylic acids is 2. The van der Waals surface area contributed by atoms with Gasteiger partial charge in [0.25, 0.3) is 10.0 Å². The van der Waals surface area contributed by atoms with Gasteiger partial charge in [0.15, 0.2) is 0 Å². The van der Waals surface area contributed by atoms with Crippen molar-refractivity contribution < 1.29 is 22.4 Å². The van der Waals surface area contributed by atoms with Crippen molar-refractivity contribution in [2.24, 2.45) is 0 Å². The Balaban J connectivity index is 1.95. The number of rotatable bonds is 12. The van der Waals surface area contributed by atoms with Crippen LogP contribution in [0.15, 0.2) is 89.8 Å². The van der Waals surface area contributed by atoms with Gasteiger partial charge in [-0.1, -0.05) is 61.9 Å². The molecule has 9 heteroatoms. The minimum absolute atomic E-state index is 0.00942. The number of benzene rings is 3. The number of nitrogens with zero attached hydrogens (tertiary/aromatic N) is 2. The van der Waals surface area contributed by atoms with Crippen molar-refractivity contribution in [3.05, 3.63) is 96.3 Å². The molecule has 3 aromatic rings. The third kappa shape index (κ3) is 7.39. The number of hydrogen-bond donors (Lipinski definition) is 1. The van der Waals surface area contributed by atoms with Crippen molar-refractivity contribution in [3.8, 4) is 0 Å². The number of carbonyl (C=O) groups is 2. The molecule has 0 aliphatic carbocycles. The highest BCUT2D eigenvalue weighted by atomic mass is 32.2. The van der Waals surface area contributed by atoms with E-state index in [0.717, 1.165) is 17.1 Å². The molecule has 2 amide bonds. The number of anilines is 1. The second-order valence-electron chi connectivity index (χ2n) is 8.63. The molecule has 1 atom stereocenters. The Morgan fingerprint density at radius 2 is 1.51 bits per heavy atom. The maximum atomic E-state index is 13.7. The second-order valence-corrected chi connectivity index (χ2v) is 10.5. The number of unbranched alkanes of at least 4 members (excludes halogenated alkanes) is 1. The van der Waals surface area contributed by atoms with Crippen molar-refractivity contribution in [2.45, 2.75) is 44.2 Å². The maximum Gasteiger partial charge on any atom is 0.264 e. The third-order valence-corrected chi connectivity index (χ3v) is 7.71. The Morgan fingerprint density at radius 3 is 2.11 bits per heavy atom. The predicted molar refractivity (Wildman–Crippen MR) is 142 cm³/mol. The molecule has 3 aromatic carbocycles. The van der Waals surface area contributed by atoms with Gasteiger partial charge >= 0.3 is 0 Å². The number of para-hydroxylation sites is 1. The first-order chi connectivity index (χ1) is 17.7. The molecule has 0 saturated heterocycles. The first-order valence-corrected chi connectivity index (χ1v) is 13.6. The summed E-state index contributed by atoms with van der Waals surface area (Å²) in [4.78, 5) is 28.0. The fourth-order valence-electron chi connectivity index (χ4n) is 3.75. The van der Waals surface area contributed by atoms with E-state index >= 15 is 0 Å². The molecule has 3 rings (SSSR count). The molecule has 0 spiro atoms. The van der Waals surface area contributed by atoms with E-state index in [0.29, 0.717) is 17.8 Å². The van der Waals surface area contributed by atoms with Crippen molar-refractivity contribution in [3.63, 3.8) is 0 Å². The SMILES string of the molecule is CCCCNC(=O)C(C)N(Cc1ccc(F)cc1)C(=O)CN(c1ccccc1)S(=O)(=O)c1ccccc1. The Hall–Kier alpha value is -3.72. The number of sulfonamides is 1. The number of nitrogens with one attached hydrogen (secondary N) is 1. The van der Waals surface area contributed by atoms with Gasteiger partial charge in [0.2, 0.25) is 11.8 Å². The maximum absolute atomic E-state index is 13.7. The van der Waals surface area contributed by atoms with E-state index in [-0.39, 0.29) is 17.3 Å². The molecular formula is C28H32FN3O4S. The summed E-state index contributed by atoms with van der Waals surface area (Å²) in [7, 11) is -4.09. The lowest BCUT2D eigenvalue weighted by Gasteiger charge is -2.32. The van der Waals surface area contributed by atoms with Gasteiger partial charge < -0.3 is 10.2 Å². The first kappa shape index (κ1) is 27.9. The summed E-state index contributed by atoms with van der Waals surface area (Å²) in [6.45, 7) is 3.56. The largest absolute Gasteiger partial charge is 0.354 e. The summed E-state index contributed by atoms with van der Waals surface area (Å²) in [6.07, 6.45) is 1.69. The second kappa shape index (κ2) is 13.0. The van der Waals surface area contributed by atoms with Crippen LogP contribution >= 0.6 is 0 Å². The Kier molecular flexibility index (Phi) is 9.79. The van der Waals surface area contributed by atoms with E-state index in [4.69, 9.17) is 0 Å². The quantitative estimate of drug-likeness (QED) is 0.356. The summed E-state index contributed by atoms with van der Waals surface area (Å²) in [5.74, 6) is -1.33. The average molecular weight is 526 g/mol. The van der Waals surface area contributed by atoms with Crippen LogP contribution in [0, 0.1) is 5.82 Å². The zero-order valence-corrected chi connectivity index (χ0v) is 21.8. The fraction of sp³-hybridized carbons (Fsp3) is 0.286. The molecular weight excluding hydrogens is 493 g/mol. The van der Waals surface area contributed by atoms with Crippen LogP contribution < -0.4 is 9.62 Å². The molecule has 0 aliphatic rings. The lowest BCUT2D eigenvalue weighted by molar-refractivity contribution is -0.139. The van der Waals surface area contributed by atoms with Crippen molar-refractivity contribution >= 4 is 27.5 Å². The van der Waals surface area contributed by atoms with Gasteiger partial charge in [-0.25, -0.2) is 12.8 Å². The van der Waals surface area contributed by atoms with E-state index in [1.54, 1.807) is 55.5 Å². The van der Waals surface area contributed by atoms with E-state index in [1.165, 1.54) is 41.3 Å². The molecule has 7 nitrogen and oxygen atoms in total. The van der Waals surface area contributed by atoms with Crippen molar-refractivity contribution in [1.29, 1.82) is 0 Å². The number of hydrogen-bond acceptors (Lipinski definition) is 4. The highest BCUT2D eigenvalue weighted by Gasteiger charge is 2.32. The zero-order valence-electron chi connectivity index (χ0n) is 21.0. The van der Waals surface area contributed by atoms with E-state index in [9.17, 15) is 22.4 Å². The Bertz CT molecular complexity index is 1270. The van der Waals surface area contributed by atoms with Crippen molar-refractivity contribution in [2.75, 3.05) is 17.4 Å². The van der Waals surface area contributed by atoms with Crippen LogP contribution in [0.4, 0.5) is 10.1 Å². The van der Waals surface area contributed by atoms with Crippen LogP contribution in [0.3, 0.4) is 0 Å². The molecule has 0 heterocycles. The third-order valence-electron chi connectivity index (χ3n) is 5.92. The van der Waals surface area contributed by atoms with Crippen LogP contribution in [0.25, 0.3) is 0 Å². The minimum atomic E-state index is -4.09. The first-order valence-electron chi connectivity index (χ1n) is 12.2. The number of amides is 2. The van der Waals surface area contributed by atoms with E-state index < -0.39 is 34.3 Å². The summed E-state index contributed by atoms with van der Waals surface area (Å²) in [5, 5.41) is 2.83. The average Bonchev–Trinajstić information content (AvgIpc) is 2.91. The van der Waals surface area contributed by atoms with Crippen LogP contribution in [0.1, 0.15) is 32.3 Å².